The number of carbonyl (C=O) groups is 2. The molecule has 0 aliphatic heterocycles. The number of fused-ring (bicyclic) bond motifs is 4. The van der Waals surface area contributed by atoms with Gasteiger partial charge >= 0.3 is 17.7 Å². The summed E-state index contributed by atoms with van der Waals surface area (Å²) < 4.78 is 16.5. The molecule has 0 radical (unpaired) electrons. The third-order valence-electron chi connectivity index (χ3n) is 6.31. The van der Waals surface area contributed by atoms with E-state index in [1.165, 1.54) is 6.07 Å². The number of ether oxygens (including phenoxy) is 2. The number of amides is 1. The second-order valence-corrected chi connectivity index (χ2v) is 10.6. The van der Waals surface area contributed by atoms with E-state index in [1.54, 1.807) is 33.0 Å². The van der Waals surface area contributed by atoms with Crippen LogP contribution in [-0.4, -0.2) is 28.7 Å². The Labute approximate surface area is 217 Å². The van der Waals surface area contributed by atoms with Crippen LogP contribution >= 0.6 is 11.6 Å². The van der Waals surface area contributed by atoms with E-state index in [0.29, 0.717) is 17.6 Å². The number of H-pyrrole nitrogens is 1. The van der Waals surface area contributed by atoms with E-state index in [1.807, 2.05) is 24.3 Å². The maximum atomic E-state index is 13.4. The van der Waals surface area contributed by atoms with E-state index in [9.17, 15) is 14.4 Å². The van der Waals surface area contributed by atoms with E-state index < -0.39 is 23.7 Å². The van der Waals surface area contributed by atoms with Crippen LogP contribution in [0.5, 0.6) is 5.75 Å². The summed E-state index contributed by atoms with van der Waals surface area (Å²) in [5.41, 5.74) is 2.48. The van der Waals surface area contributed by atoms with Gasteiger partial charge in [0.25, 0.3) is 0 Å². The normalized spacial score (nSPS) is 13.9. The third kappa shape index (κ3) is 5.20. The number of benzene rings is 2. The molecule has 4 aromatic rings. The summed E-state index contributed by atoms with van der Waals surface area (Å²) in [6.07, 6.45) is 3.50. The molecule has 1 unspecified atom stereocenters. The Morgan fingerprint density at radius 2 is 1.89 bits per heavy atom. The Morgan fingerprint density at radius 1 is 1.14 bits per heavy atom. The van der Waals surface area contributed by atoms with Crippen molar-refractivity contribution in [2.75, 3.05) is 0 Å². The minimum atomic E-state index is -1.08. The summed E-state index contributed by atoms with van der Waals surface area (Å²) in [4.78, 5) is 41.5. The van der Waals surface area contributed by atoms with Gasteiger partial charge in [0.15, 0.2) is 5.75 Å². The van der Waals surface area contributed by atoms with Crippen molar-refractivity contribution in [1.29, 1.82) is 0 Å². The van der Waals surface area contributed by atoms with Gasteiger partial charge in [0.2, 0.25) is 0 Å². The number of hydrogen-bond donors (Lipinski definition) is 2. The lowest BCUT2D eigenvalue weighted by Crippen LogP contribution is -2.46. The van der Waals surface area contributed by atoms with Crippen molar-refractivity contribution in [2.45, 2.75) is 58.1 Å². The second-order valence-electron chi connectivity index (χ2n) is 10.2. The van der Waals surface area contributed by atoms with Crippen molar-refractivity contribution in [3.05, 3.63) is 74.7 Å². The maximum Gasteiger partial charge on any atom is 0.408 e. The van der Waals surface area contributed by atoms with E-state index in [-0.39, 0.29) is 22.8 Å². The molecule has 8 nitrogen and oxygen atoms in total. The SMILES string of the molecule is CC(C)(C)OC(=O)NC(Cc1c[nH]c2ccccc12)C(=O)Oc1cc2oc(=O)c3c(c2cc1Cl)CCC3. The van der Waals surface area contributed by atoms with E-state index in [4.69, 9.17) is 25.5 Å². The third-order valence-corrected chi connectivity index (χ3v) is 6.61. The van der Waals surface area contributed by atoms with E-state index in [2.05, 4.69) is 10.3 Å². The molecule has 1 aliphatic rings. The lowest BCUT2D eigenvalue weighted by Gasteiger charge is -2.23. The van der Waals surface area contributed by atoms with Crippen molar-refractivity contribution in [3.63, 3.8) is 0 Å². The Kier molecular flexibility index (Phi) is 6.45. The fourth-order valence-electron chi connectivity index (χ4n) is 4.70. The highest BCUT2D eigenvalue weighted by atomic mass is 35.5. The number of nitrogens with one attached hydrogen (secondary N) is 2. The summed E-state index contributed by atoms with van der Waals surface area (Å²) in [5.74, 6) is -0.698. The molecular weight excluding hydrogens is 496 g/mol. The number of halogens is 1. The van der Waals surface area contributed by atoms with Gasteiger partial charge in [-0.15, -0.1) is 0 Å². The molecule has 0 fully saturated rings. The number of alkyl carbamates (subject to hydrolysis) is 1. The quantitative estimate of drug-likeness (QED) is 0.205. The lowest BCUT2D eigenvalue weighted by molar-refractivity contribution is -0.136. The molecule has 0 spiro atoms. The number of rotatable bonds is 5. The number of hydrogen-bond acceptors (Lipinski definition) is 6. The first-order valence-electron chi connectivity index (χ1n) is 12.1. The molecular formula is C28H27ClN2O6. The van der Waals surface area contributed by atoms with Crippen LogP contribution in [0, 0.1) is 0 Å². The molecule has 2 aromatic heterocycles. The molecule has 2 aromatic carbocycles. The van der Waals surface area contributed by atoms with Crippen LogP contribution in [0.4, 0.5) is 4.79 Å². The van der Waals surface area contributed by atoms with Gasteiger partial charge in [-0.05, 0) is 63.3 Å². The van der Waals surface area contributed by atoms with Crippen LogP contribution in [0.1, 0.15) is 43.9 Å². The van der Waals surface area contributed by atoms with E-state index >= 15 is 0 Å². The average molecular weight is 523 g/mol. The summed E-state index contributed by atoms with van der Waals surface area (Å²) in [6.45, 7) is 5.21. The molecule has 9 heteroatoms. The van der Waals surface area contributed by atoms with Gasteiger partial charge in [-0.2, -0.15) is 0 Å². The van der Waals surface area contributed by atoms with E-state index in [0.717, 1.165) is 40.3 Å². The number of para-hydroxylation sites is 1. The van der Waals surface area contributed by atoms with Crippen LogP contribution in [-0.2, 0) is 28.8 Å². The molecule has 0 bridgehead atoms. The highest BCUT2D eigenvalue weighted by Gasteiger charge is 2.28. The topological polar surface area (TPSA) is 111 Å². The molecule has 1 atom stereocenters. The Hall–Kier alpha value is -3.78. The predicted molar refractivity (Wildman–Crippen MR) is 140 cm³/mol. The van der Waals surface area contributed by atoms with Gasteiger partial charge in [0.05, 0.1) is 5.02 Å². The number of aryl methyl sites for hydroxylation is 1. The summed E-state index contributed by atoms with van der Waals surface area (Å²) in [5, 5.41) is 4.49. The summed E-state index contributed by atoms with van der Waals surface area (Å²) in [6, 6.07) is 9.68. The number of aromatic amines is 1. The van der Waals surface area contributed by atoms with Crippen molar-refractivity contribution in [1.82, 2.24) is 10.3 Å². The Bertz CT molecular complexity index is 1580. The Morgan fingerprint density at radius 3 is 2.68 bits per heavy atom. The summed E-state index contributed by atoms with van der Waals surface area (Å²) in [7, 11) is 0. The molecule has 1 aliphatic carbocycles. The van der Waals surface area contributed by atoms with Gasteiger partial charge in [-0.3, -0.25) is 0 Å². The van der Waals surface area contributed by atoms with Crippen LogP contribution in [0.25, 0.3) is 21.9 Å². The van der Waals surface area contributed by atoms with Gasteiger partial charge in [0.1, 0.15) is 17.2 Å². The lowest BCUT2D eigenvalue weighted by atomic mass is 10.0. The van der Waals surface area contributed by atoms with Crippen LogP contribution in [0.15, 0.2) is 51.8 Å². The first-order valence-corrected chi connectivity index (χ1v) is 12.5. The highest BCUT2D eigenvalue weighted by Crippen LogP contribution is 2.35. The fraction of sp³-hybridized carbons (Fsp3) is 0.321. The first kappa shape index (κ1) is 24.9. The molecule has 2 heterocycles. The second kappa shape index (κ2) is 9.59. The van der Waals surface area contributed by atoms with Crippen molar-refractivity contribution in [3.8, 4) is 5.75 Å². The molecule has 0 saturated carbocycles. The number of esters is 1. The highest BCUT2D eigenvalue weighted by molar-refractivity contribution is 6.33. The van der Waals surface area contributed by atoms with Crippen molar-refractivity contribution in [2.24, 2.45) is 0 Å². The van der Waals surface area contributed by atoms with Crippen molar-refractivity contribution >= 4 is 45.5 Å². The molecule has 1 amide bonds. The van der Waals surface area contributed by atoms with Crippen LogP contribution < -0.4 is 15.7 Å². The zero-order valence-electron chi connectivity index (χ0n) is 20.8. The predicted octanol–water partition coefficient (Wildman–Crippen LogP) is 5.46. The first-order chi connectivity index (χ1) is 17.6. The van der Waals surface area contributed by atoms with Crippen LogP contribution in [0.2, 0.25) is 5.02 Å². The molecule has 5 rings (SSSR count). The largest absolute Gasteiger partial charge is 0.444 e. The Balaban J connectivity index is 1.45. The molecule has 0 saturated heterocycles. The maximum absolute atomic E-state index is 13.4. The van der Waals surface area contributed by atoms with Crippen LogP contribution in [0.3, 0.4) is 0 Å². The van der Waals surface area contributed by atoms with Gasteiger partial charge in [-0.1, -0.05) is 29.8 Å². The molecule has 37 heavy (non-hydrogen) atoms. The average Bonchev–Trinajstić information content (AvgIpc) is 3.47. The minimum Gasteiger partial charge on any atom is -0.444 e. The zero-order valence-corrected chi connectivity index (χ0v) is 21.5. The summed E-state index contributed by atoms with van der Waals surface area (Å²) >= 11 is 6.49. The number of carbonyl (C=O) groups excluding carboxylic acids is 2. The monoisotopic (exact) mass is 522 g/mol. The smallest absolute Gasteiger partial charge is 0.408 e. The zero-order chi connectivity index (χ0) is 26.3. The number of aromatic nitrogens is 1. The minimum absolute atomic E-state index is 0.0372. The van der Waals surface area contributed by atoms with Gasteiger partial charge in [-0.25, -0.2) is 14.4 Å². The fourth-order valence-corrected chi connectivity index (χ4v) is 4.91. The van der Waals surface area contributed by atoms with Gasteiger partial charge < -0.3 is 24.2 Å². The van der Waals surface area contributed by atoms with Crippen molar-refractivity contribution < 1.29 is 23.5 Å². The standard InChI is InChI=1S/C28H27ClN2O6/c1-28(2,3)37-27(34)31-22(11-15-14-30-21-10-5-4-7-16(15)21)26(33)36-24-13-23-19(12-20(24)29)17-8-6-9-18(17)25(32)35-23/h4-5,7,10,12-14,22,30H,6,8-9,11H2,1-3H3,(H,31,34). The van der Waals surface area contributed by atoms with Gasteiger partial charge in [0, 0.05) is 40.5 Å². The molecule has 192 valence electrons. The molecule has 2 N–H and O–H groups in total.